The van der Waals surface area contributed by atoms with Gasteiger partial charge in [0, 0.05) is 6.20 Å². The van der Waals surface area contributed by atoms with Crippen LogP contribution in [0.2, 0.25) is 0 Å². The van der Waals surface area contributed by atoms with Gasteiger partial charge in [-0.3, -0.25) is 9.71 Å². The Hall–Kier alpha value is -1.88. The van der Waals surface area contributed by atoms with Crippen LogP contribution in [0, 0.1) is 20.8 Å². The van der Waals surface area contributed by atoms with Crippen LogP contribution in [-0.2, 0) is 10.0 Å². The zero-order valence-corrected chi connectivity index (χ0v) is 12.0. The molecule has 100 valence electrons. The largest absolute Gasteiger partial charge is 0.278 e. The van der Waals surface area contributed by atoms with Gasteiger partial charge in [0.25, 0.3) is 10.0 Å². The standard InChI is InChI=1S/C14H16N2O2S/c1-10-6-7-11(2)14(9-10)19(17,18)16-13-5-4-8-15-12(13)3/h4-9,16H,1-3H3. The van der Waals surface area contributed by atoms with Crippen LogP contribution < -0.4 is 4.72 Å². The number of nitrogens with one attached hydrogen (secondary N) is 1. The van der Waals surface area contributed by atoms with E-state index in [1.165, 1.54) is 0 Å². The first-order valence-electron chi connectivity index (χ1n) is 5.92. The van der Waals surface area contributed by atoms with Crippen molar-refractivity contribution in [2.45, 2.75) is 25.7 Å². The molecule has 0 saturated carbocycles. The minimum atomic E-state index is -3.58. The third-order valence-corrected chi connectivity index (χ3v) is 4.39. The number of benzene rings is 1. The normalized spacial score (nSPS) is 11.3. The van der Waals surface area contributed by atoms with Crippen LogP contribution >= 0.6 is 0 Å². The number of sulfonamides is 1. The van der Waals surface area contributed by atoms with Crippen molar-refractivity contribution in [3.63, 3.8) is 0 Å². The fourth-order valence-corrected chi connectivity index (χ4v) is 3.24. The van der Waals surface area contributed by atoms with Crippen molar-refractivity contribution in [2.75, 3.05) is 4.72 Å². The lowest BCUT2D eigenvalue weighted by atomic mass is 10.2. The van der Waals surface area contributed by atoms with E-state index in [4.69, 9.17) is 0 Å². The molecule has 0 saturated heterocycles. The second-order valence-corrected chi connectivity index (χ2v) is 6.16. The number of pyridine rings is 1. The summed E-state index contributed by atoms with van der Waals surface area (Å²) in [5, 5.41) is 0. The Morgan fingerprint density at radius 3 is 2.53 bits per heavy atom. The number of rotatable bonds is 3. The SMILES string of the molecule is Cc1ccc(C)c(S(=O)(=O)Nc2cccnc2C)c1. The fraction of sp³-hybridized carbons (Fsp3) is 0.214. The van der Waals surface area contributed by atoms with E-state index < -0.39 is 10.0 Å². The number of hydrogen-bond acceptors (Lipinski definition) is 3. The van der Waals surface area contributed by atoms with Gasteiger partial charge in [0.2, 0.25) is 0 Å². The summed E-state index contributed by atoms with van der Waals surface area (Å²) in [7, 11) is -3.58. The van der Waals surface area contributed by atoms with Crippen LogP contribution in [0.4, 0.5) is 5.69 Å². The first-order chi connectivity index (χ1) is 8.90. The minimum absolute atomic E-state index is 0.302. The lowest BCUT2D eigenvalue weighted by Crippen LogP contribution is -2.15. The molecule has 0 aliphatic rings. The molecule has 0 spiro atoms. The van der Waals surface area contributed by atoms with E-state index in [2.05, 4.69) is 9.71 Å². The van der Waals surface area contributed by atoms with Gasteiger partial charge in [-0.2, -0.15) is 0 Å². The number of hydrogen-bond donors (Lipinski definition) is 1. The zero-order chi connectivity index (χ0) is 14.0. The highest BCUT2D eigenvalue weighted by Gasteiger charge is 2.17. The van der Waals surface area contributed by atoms with E-state index in [0.29, 0.717) is 16.3 Å². The van der Waals surface area contributed by atoms with Crippen LogP contribution in [0.25, 0.3) is 0 Å². The molecule has 0 aliphatic carbocycles. The number of anilines is 1. The molecule has 2 rings (SSSR count). The Bertz CT molecular complexity index is 709. The molecule has 5 heteroatoms. The first kappa shape index (κ1) is 13.5. The molecule has 1 aromatic carbocycles. The smallest absolute Gasteiger partial charge is 0.262 e. The van der Waals surface area contributed by atoms with Gasteiger partial charge in [-0.05, 0) is 50.1 Å². The highest BCUT2D eigenvalue weighted by Crippen LogP contribution is 2.21. The van der Waals surface area contributed by atoms with Gasteiger partial charge >= 0.3 is 0 Å². The summed E-state index contributed by atoms with van der Waals surface area (Å²) in [4.78, 5) is 4.37. The van der Waals surface area contributed by atoms with Gasteiger partial charge in [-0.15, -0.1) is 0 Å². The maximum Gasteiger partial charge on any atom is 0.262 e. The summed E-state index contributed by atoms with van der Waals surface area (Å²) >= 11 is 0. The number of aryl methyl sites for hydroxylation is 3. The molecule has 0 unspecified atom stereocenters. The van der Waals surface area contributed by atoms with E-state index in [1.54, 1.807) is 44.3 Å². The molecule has 1 aromatic heterocycles. The third-order valence-electron chi connectivity index (χ3n) is 2.88. The summed E-state index contributed by atoms with van der Waals surface area (Å²) < 4.78 is 27.4. The van der Waals surface area contributed by atoms with Crippen LogP contribution in [0.3, 0.4) is 0 Å². The Labute approximate surface area is 113 Å². The molecule has 0 aliphatic heterocycles. The van der Waals surface area contributed by atoms with E-state index in [9.17, 15) is 8.42 Å². The highest BCUT2D eigenvalue weighted by molar-refractivity contribution is 7.92. The maximum atomic E-state index is 12.4. The monoisotopic (exact) mass is 276 g/mol. The molecule has 1 heterocycles. The Morgan fingerprint density at radius 2 is 1.84 bits per heavy atom. The fourth-order valence-electron chi connectivity index (χ4n) is 1.79. The number of nitrogens with zero attached hydrogens (tertiary/aromatic N) is 1. The Kier molecular flexibility index (Phi) is 3.57. The van der Waals surface area contributed by atoms with Crippen molar-refractivity contribution >= 4 is 15.7 Å². The van der Waals surface area contributed by atoms with Crippen LogP contribution in [0.5, 0.6) is 0 Å². The van der Waals surface area contributed by atoms with Gasteiger partial charge < -0.3 is 0 Å². The lowest BCUT2D eigenvalue weighted by Gasteiger charge is -2.12. The number of aromatic nitrogens is 1. The second kappa shape index (κ2) is 5.01. The van der Waals surface area contributed by atoms with Gasteiger partial charge in [0.15, 0.2) is 0 Å². The van der Waals surface area contributed by atoms with E-state index in [-0.39, 0.29) is 0 Å². The highest BCUT2D eigenvalue weighted by atomic mass is 32.2. The Balaban J connectivity index is 2.44. The summed E-state index contributed by atoms with van der Waals surface area (Å²) in [6, 6.07) is 8.77. The van der Waals surface area contributed by atoms with Gasteiger partial charge in [-0.25, -0.2) is 8.42 Å². The van der Waals surface area contributed by atoms with Crippen LogP contribution in [-0.4, -0.2) is 13.4 Å². The zero-order valence-electron chi connectivity index (χ0n) is 11.1. The second-order valence-electron chi connectivity index (χ2n) is 4.51. The first-order valence-corrected chi connectivity index (χ1v) is 7.40. The molecule has 0 amide bonds. The molecule has 4 nitrogen and oxygen atoms in total. The predicted molar refractivity (Wildman–Crippen MR) is 75.7 cm³/mol. The average Bonchev–Trinajstić information content (AvgIpc) is 2.35. The van der Waals surface area contributed by atoms with E-state index >= 15 is 0 Å². The molecule has 0 bridgehead atoms. The average molecular weight is 276 g/mol. The summed E-state index contributed by atoms with van der Waals surface area (Å²) in [6.45, 7) is 5.42. The summed E-state index contributed by atoms with van der Waals surface area (Å²) in [5.74, 6) is 0. The molecule has 19 heavy (non-hydrogen) atoms. The molecule has 2 aromatic rings. The van der Waals surface area contributed by atoms with Crippen molar-refractivity contribution in [3.8, 4) is 0 Å². The molecule has 0 atom stereocenters. The minimum Gasteiger partial charge on any atom is -0.278 e. The van der Waals surface area contributed by atoms with Crippen LogP contribution in [0.15, 0.2) is 41.4 Å². The molecular weight excluding hydrogens is 260 g/mol. The topological polar surface area (TPSA) is 59.1 Å². The molecular formula is C14H16N2O2S. The van der Waals surface area contributed by atoms with Crippen molar-refractivity contribution in [3.05, 3.63) is 53.3 Å². The van der Waals surface area contributed by atoms with E-state index in [1.807, 2.05) is 13.0 Å². The van der Waals surface area contributed by atoms with Gasteiger partial charge in [0.1, 0.15) is 0 Å². The molecule has 0 radical (unpaired) electrons. The van der Waals surface area contributed by atoms with Crippen molar-refractivity contribution in [1.82, 2.24) is 4.98 Å². The van der Waals surface area contributed by atoms with Crippen molar-refractivity contribution < 1.29 is 8.42 Å². The van der Waals surface area contributed by atoms with Crippen molar-refractivity contribution in [1.29, 1.82) is 0 Å². The Morgan fingerprint density at radius 1 is 1.11 bits per heavy atom. The van der Waals surface area contributed by atoms with Gasteiger partial charge in [-0.1, -0.05) is 12.1 Å². The molecule has 0 fully saturated rings. The summed E-state index contributed by atoms with van der Waals surface area (Å²) in [5.41, 5.74) is 2.79. The van der Waals surface area contributed by atoms with Gasteiger partial charge in [0.05, 0.1) is 16.3 Å². The lowest BCUT2D eigenvalue weighted by molar-refractivity contribution is 0.600. The van der Waals surface area contributed by atoms with Crippen molar-refractivity contribution in [2.24, 2.45) is 0 Å². The quantitative estimate of drug-likeness (QED) is 0.937. The maximum absolute atomic E-state index is 12.4. The third kappa shape index (κ3) is 2.93. The summed E-state index contributed by atoms with van der Waals surface area (Å²) in [6.07, 6.45) is 1.63. The predicted octanol–water partition coefficient (Wildman–Crippen LogP) is 2.81. The van der Waals surface area contributed by atoms with Crippen LogP contribution in [0.1, 0.15) is 16.8 Å². The van der Waals surface area contributed by atoms with E-state index in [0.717, 1.165) is 11.1 Å². The molecule has 1 N–H and O–H groups in total.